The minimum atomic E-state index is -0.553. The zero-order valence-electron chi connectivity index (χ0n) is 23.2. The highest BCUT2D eigenvalue weighted by Gasteiger charge is 2.27. The van der Waals surface area contributed by atoms with E-state index in [-0.39, 0.29) is 17.3 Å². The van der Waals surface area contributed by atoms with Crippen molar-refractivity contribution in [1.82, 2.24) is 35.6 Å². The molecule has 43 heavy (non-hydrogen) atoms. The summed E-state index contributed by atoms with van der Waals surface area (Å²) in [5.74, 6) is 0.605. The normalized spacial score (nSPS) is 13.6. The molecular formula is C29H28BrN9O4. The van der Waals surface area contributed by atoms with Crippen molar-refractivity contribution in [3.63, 3.8) is 0 Å². The molecule has 0 aliphatic carbocycles. The molecule has 0 spiro atoms. The number of aromatic nitrogens is 5. The first kappa shape index (κ1) is 28.3. The van der Waals surface area contributed by atoms with Gasteiger partial charge in [-0.05, 0) is 74.6 Å². The van der Waals surface area contributed by atoms with Gasteiger partial charge in [0.25, 0.3) is 5.91 Å². The summed E-state index contributed by atoms with van der Waals surface area (Å²) in [5, 5.41) is 22.2. The molecule has 220 valence electrons. The van der Waals surface area contributed by atoms with Crippen molar-refractivity contribution >= 4 is 44.6 Å². The summed E-state index contributed by atoms with van der Waals surface area (Å²) in [7, 11) is 1.55. The van der Waals surface area contributed by atoms with Crippen LogP contribution in [0.25, 0.3) is 16.6 Å². The van der Waals surface area contributed by atoms with Gasteiger partial charge in [-0.2, -0.15) is 9.78 Å². The average Bonchev–Trinajstić information content (AvgIpc) is 3.78. The molecule has 14 heteroatoms. The smallest absolute Gasteiger partial charge is 0.292 e. The van der Waals surface area contributed by atoms with Gasteiger partial charge in [-0.1, -0.05) is 47.7 Å². The van der Waals surface area contributed by atoms with E-state index in [4.69, 9.17) is 19.8 Å². The lowest BCUT2D eigenvalue weighted by Gasteiger charge is -2.13. The Kier molecular flexibility index (Phi) is 8.29. The van der Waals surface area contributed by atoms with Crippen LogP contribution < -0.4 is 20.6 Å². The van der Waals surface area contributed by atoms with Gasteiger partial charge in [0.1, 0.15) is 23.8 Å². The Morgan fingerprint density at radius 2 is 1.98 bits per heavy atom. The van der Waals surface area contributed by atoms with Crippen molar-refractivity contribution in [2.75, 3.05) is 25.9 Å². The summed E-state index contributed by atoms with van der Waals surface area (Å²) in [6.45, 7) is 2.65. The van der Waals surface area contributed by atoms with E-state index in [1.54, 1.807) is 13.2 Å². The maximum atomic E-state index is 13.4. The van der Waals surface area contributed by atoms with E-state index in [1.165, 1.54) is 10.9 Å². The molecular weight excluding hydrogens is 618 g/mol. The molecule has 1 saturated heterocycles. The average molecular weight is 647 g/mol. The van der Waals surface area contributed by atoms with Crippen molar-refractivity contribution in [2.24, 2.45) is 5.10 Å². The van der Waals surface area contributed by atoms with Gasteiger partial charge in [0, 0.05) is 17.1 Å². The van der Waals surface area contributed by atoms with Crippen LogP contribution in [0.4, 0.5) is 5.82 Å². The van der Waals surface area contributed by atoms with Crippen LogP contribution >= 0.6 is 15.9 Å². The molecule has 1 aliphatic heterocycles. The topological polar surface area (TPSA) is 159 Å². The van der Waals surface area contributed by atoms with Crippen LogP contribution in [-0.4, -0.2) is 62.5 Å². The Hall–Kier alpha value is -4.82. The van der Waals surface area contributed by atoms with Gasteiger partial charge in [-0.3, -0.25) is 9.69 Å². The number of nitrogens with two attached hydrogens (primary N) is 1. The van der Waals surface area contributed by atoms with Crippen molar-refractivity contribution in [1.29, 1.82) is 0 Å². The van der Waals surface area contributed by atoms with E-state index in [9.17, 15) is 4.79 Å². The molecule has 2 aromatic heterocycles. The van der Waals surface area contributed by atoms with Crippen LogP contribution in [0.2, 0.25) is 0 Å². The van der Waals surface area contributed by atoms with Crippen molar-refractivity contribution in [2.45, 2.75) is 26.0 Å². The molecule has 0 saturated carbocycles. The molecule has 13 nitrogen and oxygen atoms in total. The third-order valence-corrected chi connectivity index (χ3v) is 7.80. The number of carbonyl (C=O) groups is 1. The maximum Gasteiger partial charge on any atom is 0.292 e. The molecule has 1 aliphatic rings. The summed E-state index contributed by atoms with van der Waals surface area (Å²) in [5.41, 5.74) is 10.7. The largest absolute Gasteiger partial charge is 0.496 e. The first-order valence-electron chi connectivity index (χ1n) is 13.6. The van der Waals surface area contributed by atoms with Crippen LogP contribution in [0.1, 0.15) is 40.2 Å². The molecule has 6 rings (SSSR count). The number of anilines is 1. The quantitative estimate of drug-likeness (QED) is 0.167. The zero-order chi connectivity index (χ0) is 29.8. The van der Waals surface area contributed by atoms with E-state index in [0.29, 0.717) is 40.4 Å². The fourth-order valence-corrected chi connectivity index (χ4v) is 5.54. The van der Waals surface area contributed by atoms with Crippen LogP contribution in [0, 0.1) is 0 Å². The lowest BCUT2D eigenvalue weighted by atomic mass is 10.1. The molecule has 0 radical (unpaired) electrons. The third-order valence-electron chi connectivity index (χ3n) is 7.14. The van der Waals surface area contributed by atoms with Crippen LogP contribution in [-0.2, 0) is 13.2 Å². The van der Waals surface area contributed by atoms with Crippen LogP contribution in [0.15, 0.2) is 68.8 Å². The van der Waals surface area contributed by atoms with Gasteiger partial charge < -0.3 is 15.2 Å². The SMILES string of the molecule is COc1cc(OCc2cccc3ccccc23)cc(Br)c1C=NNC(=O)c1c(CN2CCCC2)nnn1-c1nonc1N. The van der Waals surface area contributed by atoms with Gasteiger partial charge in [-0.15, -0.1) is 5.10 Å². The van der Waals surface area contributed by atoms with E-state index >= 15 is 0 Å². The number of carbonyl (C=O) groups excluding carboxylic acids is 1. The Labute approximate surface area is 254 Å². The molecule has 0 bridgehead atoms. The molecule has 3 N–H and O–H groups in total. The lowest BCUT2D eigenvalue weighted by molar-refractivity contribution is 0.0945. The third kappa shape index (κ3) is 6.05. The number of likely N-dealkylation sites (tertiary alicyclic amines) is 1. The number of halogens is 1. The Morgan fingerprint density at radius 3 is 2.77 bits per heavy atom. The first-order valence-corrected chi connectivity index (χ1v) is 14.4. The number of nitrogens with zero attached hydrogens (tertiary/aromatic N) is 7. The monoisotopic (exact) mass is 645 g/mol. The summed E-state index contributed by atoms with van der Waals surface area (Å²) >= 11 is 3.58. The summed E-state index contributed by atoms with van der Waals surface area (Å²) in [4.78, 5) is 15.6. The van der Waals surface area contributed by atoms with Crippen molar-refractivity contribution in [3.05, 3.63) is 81.6 Å². The van der Waals surface area contributed by atoms with E-state index in [2.05, 4.69) is 70.2 Å². The number of ether oxygens (including phenoxy) is 2. The number of nitrogen functional groups attached to an aromatic ring is 1. The number of rotatable bonds is 10. The van der Waals surface area contributed by atoms with Crippen LogP contribution in [0.5, 0.6) is 11.5 Å². The molecule has 3 aromatic carbocycles. The summed E-state index contributed by atoms with van der Waals surface area (Å²) in [6.07, 6.45) is 3.66. The highest BCUT2D eigenvalue weighted by atomic mass is 79.9. The molecule has 1 fully saturated rings. The number of methoxy groups -OCH3 is 1. The second-order valence-corrected chi connectivity index (χ2v) is 10.8. The highest BCUT2D eigenvalue weighted by molar-refractivity contribution is 9.10. The number of hydrogen-bond donors (Lipinski definition) is 2. The number of benzene rings is 3. The van der Waals surface area contributed by atoms with Gasteiger partial charge >= 0.3 is 0 Å². The Morgan fingerprint density at radius 1 is 1.16 bits per heavy atom. The zero-order valence-corrected chi connectivity index (χ0v) is 24.8. The van der Waals surface area contributed by atoms with Gasteiger partial charge in [0.05, 0.1) is 18.9 Å². The second-order valence-electron chi connectivity index (χ2n) is 9.90. The number of amides is 1. The fraction of sp³-hybridized carbons (Fsp3) is 0.241. The van der Waals surface area contributed by atoms with Gasteiger partial charge in [-0.25, -0.2) is 10.1 Å². The molecule has 3 heterocycles. The molecule has 1 amide bonds. The minimum absolute atomic E-state index is 0.0217. The predicted octanol–water partition coefficient (Wildman–Crippen LogP) is 4.10. The van der Waals surface area contributed by atoms with E-state index in [0.717, 1.165) is 42.3 Å². The van der Waals surface area contributed by atoms with E-state index < -0.39 is 5.91 Å². The molecule has 0 atom stereocenters. The van der Waals surface area contributed by atoms with Gasteiger partial charge in [0.15, 0.2) is 5.69 Å². The second kappa shape index (κ2) is 12.6. The molecule has 0 unspecified atom stereocenters. The number of nitrogens with one attached hydrogen (secondary N) is 1. The minimum Gasteiger partial charge on any atom is -0.496 e. The number of fused-ring (bicyclic) bond motifs is 1. The Balaban J connectivity index is 1.20. The van der Waals surface area contributed by atoms with Crippen LogP contribution in [0.3, 0.4) is 0 Å². The highest BCUT2D eigenvalue weighted by Crippen LogP contribution is 2.32. The predicted molar refractivity (Wildman–Crippen MR) is 162 cm³/mol. The number of hydrazone groups is 1. The van der Waals surface area contributed by atoms with Gasteiger partial charge in [0.2, 0.25) is 11.6 Å². The summed E-state index contributed by atoms with van der Waals surface area (Å²) < 4.78 is 18.3. The maximum absolute atomic E-state index is 13.4. The standard InChI is InChI=1S/C29H28BrN9O4/c1-41-25-14-20(42-17-19-9-6-8-18-7-2-3-10-21(18)19)13-23(30)22(25)15-32-34-29(40)26-24(16-38-11-4-5-12-38)33-37-39(26)28-27(31)35-43-36-28/h2-3,6-10,13-15H,4-5,11-12,16-17H2,1H3,(H2,31,35)(H,34,40). The fourth-order valence-electron chi connectivity index (χ4n) is 5.02. The molecule has 5 aromatic rings. The van der Waals surface area contributed by atoms with E-state index in [1.807, 2.05) is 30.3 Å². The Bertz CT molecular complexity index is 1790. The first-order chi connectivity index (χ1) is 21.0. The summed E-state index contributed by atoms with van der Waals surface area (Å²) in [6, 6.07) is 17.9. The van der Waals surface area contributed by atoms with Crippen molar-refractivity contribution in [3.8, 4) is 17.3 Å². The lowest BCUT2D eigenvalue weighted by Crippen LogP contribution is -2.26. The van der Waals surface area contributed by atoms with Crippen molar-refractivity contribution < 1.29 is 18.9 Å². The number of hydrogen-bond acceptors (Lipinski definition) is 11.